The number of carboxylic acids is 1. The molecule has 152 valence electrons. The van der Waals surface area contributed by atoms with Gasteiger partial charge in [-0.1, -0.05) is 0 Å². The Kier molecular flexibility index (Phi) is 4.56. The molecule has 11 heteroatoms. The number of rotatable bonds is 3. The van der Waals surface area contributed by atoms with Crippen LogP contribution >= 0.6 is 11.3 Å². The molecule has 0 saturated carbocycles. The quantitative estimate of drug-likeness (QED) is 0.696. The zero-order chi connectivity index (χ0) is 20.9. The minimum atomic E-state index is -4.72. The zero-order valence-corrected chi connectivity index (χ0v) is 15.9. The van der Waals surface area contributed by atoms with Gasteiger partial charge in [0.1, 0.15) is 11.6 Å². The third kappa shape index (κ3) is 3.35. The standard InChI is InChI=1S/C18H15F3N4O3S/c1-9-4-5-13(29-9)11-7-14(18(19,20)21)25-15(23-11)10(8-22-25)16(26)24-6-2-3-12(24)17(27)28/h4-5,7-8,12H,2-3,6H2,1H3,(H,27,28)/t12-/m0/s1. The maximum Gasteiger partial charge on any atom is 0.433 e. The van der Waals surface area contributed by atoms with E-state index in [1.54, 1.807) is 12.1 Å². The third-order valence-corrected chi connectivity index (χ3v) is 5.81. The first-order chi connectivity index (χ1) is 13.7. The van der Waals surface area contributed by atoms with Crippen LogP contribution in [0.2, 0.25) is 0 Å². The topological polar surface area (TPSA) is 87.8 Å². The molecule has 0 spiro atoms. The molecule has 3 aromatic heterocycles. The summed E-state index contributed by atoms with van der Waals surface area (Å²) in [6.45, 7) is 2.04. The molecule has 1 atom stereocenters. The number of carboxylic acid groups (broad SMARTS) is 1. The Morgan fingerprint density at radius 3 is 2.69 bits per heavy atom. The third-order valence-electron chi connectivity index (χ3n) is 4.78. The normalized spacial score (nSPS) is 17.2. The highest BCUT2D eigenvalue weighted by Gasteiger charge is 2.38. The maximum atomic E-state index is 13.6. The molecular weight excluding hydrogens is 409 g/mol. The molecule has 1 aliphatic heterocycles. The number of fused-ring (bicyclic) bond motifs is 1. The fourth-order valence-electron chi connectivity index (χ4n) is 3.44. The van der Waals surface area contributed by atoms with Crippen LogP contribution in [0.5, 0.6) is 0 Å². The number of aryl methyl sites for hydroxylation is 1. The molecule has 0 unspecified atom stereocenters. The van der Waals surface area contributed by atoms with Gasteiger partial charge in [0.05, 0.1) is 16.8 Å². The summed E-state index contributed by atoms with van der Waals surface area (Å²) in [5.74, 6) is -1.84. The van der Waals surface area contributed by atoms with Crippen molar-refractivity contribution in [3.8, 4) is 10.6 Å². The van der Waals surface area contributed by atoms with Gasteiger partial charge in [0.25, 0.3) is 5.91 Å². The summed E-state index contributed by atoms with van der Waals surface area (Å²) in [6.07, 6.45) is -2.91. The summed E-state index contributed by atoms with van der Waals surface area (Å²) in [4.78, 5) is 31.2. The Hall–Kier alpha value is -2.95. The number of hydrogen-bond donors (Lipinski definition) is 1. The first-order valence-electron chi connectivity index (χ1n) is 8.73. The summed E-state index contributed by atoms with van der Waals surface area (Å²) >= 11 is 1.28. The van der Waals surface area contributed by atoms with Gasteiger partial charge in [0.15, 0.2) is 11.3 Å². The van der Waals surface area contributed by atoms with E-state index in [-0.39, 0.29) is 23.4 Å². The van der Waals surface area contributed by atoms with Gasteiger partial charge < -0.3 is 10.0 Å². The van der Waals surface area contributed by atoms with Gasteiger partial charge in [-0.15, -0.1) is 11.3 Å². The van der Waals surface area contributed by atoms with Crippen molar-refractivity contribution in [3.05, 3.63) is 40.5 Å². The van der Waals surface area contributed by atoms with E-state index >= 15 is 0 Å². The molecule has 1 saturated heterocycles. The smallest absolute Gasteiger partial charge is 0.433 e. The monoisotopic (exact) mass is 424 g/mol. The molecule has 29 heavy (non-hydrogen) atoms. The number of likely N-dealkylation sites (tertiary alicyclic amines) is 1. The van der Waals surface area contributed by atoms with Crippen molar-refractivity contribution in [3.63, 3.8) is 0 Å². The van der Waals surface area contributed by atoms with E-state index in [9.17, 15) is 27.9 Å². The summed E-state index contributed by atoms with van der Waals surface area (Å²) in [5.41, 5.74) is -1.38. The van der Waals surface area contributed by atoms with Crippen molar-refractivity contribution in [2.24, 2.45) is 0 Å². The molecule has 1 fully saturated rings. The molecule has 0 bridgehead atoms. The summed E-state index contributed by atoms with van der Waals surface area (Å²) in [5, 5.41) is 13.0. The van der Waals surface area contributed by atoms with E-state index in [1.807, 2.05) is 6.92 Å². The zero-order valence-electron chi connectivity index (χ0n) is 15.1. The fourth-order valence-corrected chi connectivity index (χ4v) is 4.26. The Morgan fingerprint density at radius 2 is 2.07 bits per heavy atom. The number of aliphatic carboxylic acids is 1. The van der Waals surface area contributed by atoms with Gasteiger partial charge in [0, 0.05) is 11.4 Å². The molecule has 7 nitrogen and oxygen atoms in total. The molecule has 4 heterocycles. The van der Waals surface area contributed by atoms with Crippen molar-refractivity contribution in [1.82, 2.24) is 19.5 Å². The fraction of sp³-hybridized carbons (Fsp3) is 0.333. The first kappa shape index (κ1) is 19.4. The van der Waals surface area contributed by atoms with E-state index in [1.165, 1.54) is 11.3 Å². The highest BCUT2D eigenvalue weighted by atomic mass is 32.1. The number of carbonyl (C=O) groups excluding carboxylic acids is 1. The molecule has 0 aromatic carbocycles. The number of alkyl halides is 3. The highest BCUT2D eigenvalue weighted by molar-refractivity contribution is 7.15. The van der Waals surface area contributed by atoms with E-state index in [4.69, 9.17) is 0 Å². The lowest BCUT2D eigenvalue weighted by atomic mass is 10.2. The molecule has 0 aliphatic carbocycles. The van der Waals surface area contributed by atoms with Crippen molar-refractivity contribution in [2.75, 3.05) is 6.54 Å². The second-order valence-electron chi connectivity index (χ2n) is 6.72. The average Bonchev–Trinajstić information content (AvgIpc) is 3.38. The minimum Gasteiger partial charge on any atom is -0.480 e. The van der Waals surface area contributed by atoms with Gasteiger partial charge in [-0.2, -0.15) is 18.3 Å². The van der Waals surface area contributed by atoms with Crippen LogP contribution in [-0.4, -0.2) is 49.1 Å². The second-order valence-corrected chi connectivity index (χ2v) is 8.01. The number of hydrogen-bond acceptors (Lipinski definition) is 5. The van der Waals surface area contributed by atoms with Crippen LogP contribution in [0.15, 0.2) is 24.4 Å². The lowest BCUT2D eigenvalue weighted by Crippen LogP contribution is -2.40. The van der Waals surface area contributed by atoms with Crippen LogP contribution < -0.4 is 0 Å². The van der Waals surface area contributed by atoms with E-state index in [2.05, 4.69) is 10.1 Å². The average molecular weight is 424 g/mol. The van der Waals surface area contributed by atoms with Gasteiger partial charge in [-0.25, -0.2) is 14.3 Å². The van der Waals surface area contributed by atoms with Crippen LogP contribution in [0.4, 0.5) is 13.2 Å². The SMILES string of the molecule is Cc1ccc(-c2cc(C(F)(F)F)n3ncc(C(=O)N4CCC[C@H]4C(=O)O)c3n2)s1. The number of carbonyl (C=O) groups is 2. The lowest BCUT2D eigenvalue weighted by Gasteiger charge is -2.20. The van der Waals surface area contributed by atoms with Crippen molar-refractivity contribution in [2.45, 2.75) is 32.0 Å². The molecule has 1 aliphatic rings. The van der Waals surface area contributed by atoms with Crippen LogP contribution in [-0.2, 0) is 11.0 Å². The van der Waals surface area contributed by atoms with E-state index in [0.717, 1.165) is 22.0 Å². The Bertz CT molecular complexity index is 1120. The minimum absolute atomic E-state index is 0.0775. The van der Waals surface area contributed by atoms with Gasteiger partial charge in [0.2, 0.25) is 0 Å². The predicted molar refractivity (Wildman–Crippen MR) is 97.7 cm³/mol. The van der Waals surface area contributed by atoms with Crippen LogP contribution in [0.25, 0.3) is 16.2 Å². The Labute approximate surface area is 166 Å². The summed E-state index contributed by atoms with van der Waals surface area (Å²) in [6, 6.07) is 3.32. The summed E-state index contributed by atoms with van der Waals surface area (Å²) in [7, 11) is 0. The molecule has 1 amide bonds. The number of thiophene rings is 1. The molecular formula is C18H15F3N4O3S. The van der Waals surface area contributed by atoms with E-state index < -0.39 is 29.8 Å². The lowest BCUT2D eigenvalue weighted by molar-refractivity contribution is -0.143. The largest absolute Gasteiger partial charge is 0.480 e. The molecule has 1 N–H and O–H groups in total. The maximum absolute atomic E-state index is 13.6. The Balaban J connectivity index is 1.88. The Morgan fingerprint density at radius 1 is 1.31 bits per heavy atom. The molecule has 3 aromatic rings. The van der Waals surface area contributed by atoms with Crippen molar-refractivity contribution in [1.29, 1.82) is 0 Å². The van der Waals surface area contributed by atoms with Crippen LogP contribution in [0.1, 0.15) is 33.8 Å². The van der Waals surface area contributed by atoms with Crippen molar-refractivity contribution >= 4 is 28.9 Å². The van der Waals surface area contributed by atoms with E-state index in [0.29, 0.717) is 22.2 Å². The number of nitrogens with zero attached hydrogens (tertiary/aromatic N) is 4. The van der Waals surface area contributed by atoms with Gasteiger partial charge in [-0.05, 0) is 38.0 Å². The predicted octanol–water partition coefficient (Wildman–Crippen LogP) is 3.47. The van der Waals surface area contributed by atoms with Gasteiger partial charge >= 0.3 is 12.1 Å². The summed E-state index contributed by atoms with van der Waals surface area (Å²) < 4.78 is 41.5. The van der Waals surface area contributed by atoms with Crippen LogP contribution in [0.3, 0.4) is 0 Å². The second kappa shape index (κ2) is 6.83. The van der Waals surface area contributed by atoms with Gasteiger partial charge in [-0.3, -0.25) is 4.79 Å². The number of amides is 1. The number of halogens is 3. The highest BCUT2D eigenvalue weighted by Crippen LogP contribution is 2.35. The van der Waals surface area contributed by atoms with Crippen molar-refractivity contribution < 1.29 is 27.9 Å². The van der Waals surface area contributed by atoms with Crippen LogP contribution in [0, 0.1) is 6.92 Å². The number of aromatic nitrogens is 3. The molecule has 0 radical (unpaired) electrons. The first-order valence-corrected chi connectivity index (χ1v) is 9.55. The molecule has 4 rings (SSSR count).